The maximum Gasteiger partial charge on any atom is 0.236 e. The molecule has 0 fully saturated rings. The second-order valence-electron chi connectivity index (χ2n) is 5.41. The van der Waals surface area contributed by atoms with Gasteiger partial charge in [-0.2, -0.15) is 0 Å². The Morgan fingerprint density at radius 1 is 1.47 bits per heavy atom. The summed E-state index contributed by atoms with van der Waals surface area (Å²) in [5.41, 5.74) is 2.33. The molecular weight excluding hydrogens is 264 g/mol. The zero-order valence-corrected chi connectivity index (χ0v) is 12.2. The van der Waals surface area contributed by atoms with Gasteiger partial charge < -0.3 is 15.3 Å². The minimum Gasteiger partial charge on any atom is -0.390 e. The minimum atomic E-state index is -0.577. The van der Waals surface area contributed by atoms with Gasteiger partial charge in [0, 0.05) is 25.0 Å². The molecule has 0 bridgehead atoms. The number of amides is 1. The van der Waals surface area contributed by atoms with E-state index in [0.29, 0.717) is 6.54 Å². The number of hydrogen-bond donors (Lipinski definition) is 2. The van der Waals surface area contributed by atoms with Crippen LogP contribution in [0.5, 0.6) is 0 Å². The molecule has 4 nitrogen and oxygen atoms in total. The third-order valence-electron chi connectivity index (χ3n) is 3.59. The van der Waals surface area contributed by atoms with Crippen LogP contribution in [0, 0.1) is 0 Å². The third-order valence-corrected chi connectivity index (χ3v) is 3.95. The van der Waals surface area contributed by atoms with Crippen molar-refractivity contribution in [2.24, 2.45) is 0 Å². The number of carbonyl (C=O) groups is 1. The number of rotatable bonds is 4. The van der Waals surface area contributed by atoms with E-state index in [0.717, 1.165) is 16.9 Å². The molecule has 0 spiro atoms. The summed E-state index contributed by atoms with van der Waals surface area (Å²) in [4.78, 5) is 13.8. The van der Waals surface area contributed by atoms with Crippen LogP contribution in [-0.4, -0.2) is 36.6 Å². The number of nitrogens with zero attached hydrogens (tertiary/aromatic N) is 1. The summed E-state index contributed by atoms with van der Waals surface area (Å²) in [5, 5.41) is 12.6. The highest BCUT2D eigenvalue weighted by Gasteiger charge is 2.42. The first-order chi connectivity index (χ1) is 8.87. The molecule has 0 aromatic heterocycles. The molecule has 1 atom stereocenters. The number of nitrogens with one attached hydrogen (secondary N) is 1. The molecule has 1 aromatic rings. The average Bonchev–Trinajstić information content (AvgIpc) is 2.57. The Hall–Kier alpha value is -1.26. The molecule has 1 unspecified atom stereocenters. The third kappa shape index (κ3) is 2.42. The number of aliphatic hydroxyl groups excluding tert-OH is 1. The van der Waals surface area contributed by atoms with Crippen molar-refractivity contribution in [2.45, 2.75) is 25.4 Å². The van der Waals surface area contributed by atoms with Gasteiger partial charge in [-0.05, 0) is 37.6 Å². The maximum atomic E-state index is 12.2. The fourth-order valence-electron chi connectivity index (χ4n) is 2.37. The van der Waals surface area contributed by atoms with Crippen molar-refractivity contribution >= 4 is 28.9 Å². The van der Waals surface area contributed by atoms with Crippen molar-refractivity contribution in [1.82, 2.24) is 0 Å². The molecule has 1 aliphatic rings. The number of alkyl halides is 1. The lowest BCUT2D eigenvalue weighted by molar-refractivity contribution is -0.121. The highest BCUT2D eigenvalue weighted by molar-refractivity contribution is 6.18. The van der Waals surface area contributed by atoms with E-state index in [1.54, 1.807) is 11.9 Å². The van der Waals surface area contributed by atoms with Gasteiger partial charge >= 0.3 is 0 Å². The van der Waals surface area contributed by atoms with Crippen LogP contribution in [0.1, 0.15) is 19.4 Å². The van der Waals surface area contributed by atoms with Crippen LogP contribution in [0.15, 0.2) is 18.2 Å². The van der Waals surface area contributed by atoms with E-state index in [1.165, 1.54) is 0 Å². The van der Waals surface area contributed by atoms with Crippen molar-refractivity contribution in [1.29, 1.82) is 0 Å². The predicted octanol–water partition coefficient (Wildman–Crippen LogP) is 1.95. The molecule has 104 valence electrons. The van der Waals surface area contributed by atoms with Gasteiger partial charge in [0.25, 0.3) is 0 Å². The number of anilines is 2. The van der Waals surface area contributed by atoms with Crippen molar-refractivity contribution in [3.63, 3.8) is 0 Å². The van der Waals surface area contributed by atoms with E-state index in [1.807, 2.05) is 32.0 Å². The first-order valence-electron chi connectivity index (χ1n) is 6.28. The van der Waals surface area contributed by atoms with Gasteiger partial charge in [0.2, 0.25) is 5.91 Å². The van der Waals surface area contributed by atoms with Crippen LogP contribution in [-0.2, 0) is 10.2 Å². The molecule has 1 amide bonds. The Balaban J connectivity index is 2.25. The summed E-state index contributed by atoms with van der Waals surface area (Å²) < 4.78 is 0. The van der Waals surface area contributed by atoms with Crippen molar-refractivity contribution in [3.8, 4) is 0 Å². The Bertz CT molecular complexity index is 502. The number of halogens is 1. The van der Waals surface area contributed by atoms with E-state index < -0.39 is 11.5 Å². The monoisotopic (exact) mass is 282 g/mol. The van der Waals surface area contributed by atoms with E-state index in [9.17, 15) is 9.90 Å². The van der Waals surface area contributed by atoms with Crippen molar-refractivity contribution in [2.75, 3.05) is 29.7 Å². The molecule has 5 heteroatoms. The standard InChI is InChI=1S/C14H19ClN2O2/c1-14(2)11-6-9(16-8-10(18)7-15)4-5-12(11)17(3)13(14)19/h4-6,10,16,18H,7-8H2,1-3H3. The molecule has 19 heavy (non-hydrogen) atoms. The predicted molar refractivity (Wildman–Crippen MR) is 78.1 cm³/mol. The minimum absolute atomic E-state index is 0.0976. The fourth-order valence-corrected chi connectivity index (χ4v) is 2.48. The van der Waals surface area contributed by atoms with Gasteiger partial charge in [0.15, 0.2) is 0 Å². The maximum absolute atomic E-state index is 12.2. The van der Waals surface area contributed by atoms with Gasteiger partial charge in [-0.1, -0.05) is 0 Å². The fraction of sp³-hybridized carbons (Fsp3) is 0.500. The Morgan fingerprint density at radius 3 is 2.79 bits per heavy atom. The zero-order chi connectivity index (χ0) is 14.2. The van der Waals surface area contributed by atoms with Gasteiger partial charge in [-0.15, -0.1) is 11.6 Å². The van der Waals surface area contributed by atoms with E-state index in [2.05, 4.69) is 5.32 Å². The summed E-state index contributed by atoms with van der Waals surface area (Å²) in [5.74, 6) is 0.297. The molecule has 2 rings (SSSR count). The summed E-state index contributed by atoms with van der Waals surface area (Å²) in [6.45, 7) is 4.25. The first kappa shape index (κ1) is 14.2. The normalized spacial score (nSPS) is 18.4. The molecule has 0 radical (unpaired) electrons. The molecule has 0 aliphatic carbocycles. The first-order valence-corrected chi connectivity index (χ1v) is 6.82. The molecule has 2 N–H and O–H groups in total. The van der Waals surface area contributed by atoms with Crippen LogP contribution in [0.2, 0.25) is 0 Å². The summed E-state index contributed by atoms with van der Waals surface area (Å²) >= 11 is 5.55. The molecular formula is C14H19ClN2O2. The van der Waals surface area contributed by atoms with Gasteiger partial charge in [-0.3, -0.25) is 4.79 Å². The second-order valence-corrected chi connectivity index (χ2v) is 5.72. The van der Waals surface area contributed by atoms with Crippen LogP contribution >= 0.6 is 11.6 Å². The second kappa shape index (κ2) is 5.02. The number of aliphatic hydroxyl groups is 1. The van der Waals surface area contributed by atoms with E-state index in [4.69, 9.17) is 11.6 Å². The number of benzene rings is 1. The topological polar surface area (TPSA) is 52.6 Å². The quantitative estimate of drug-likeness (QED) is 0.830. The smallest absolute Gasteiger partial charge is 0.236 e. The number of likely N-dealkylation sites (N-methyl/N-ethyl adjacent to an activating group) is 1. The molecule has 1 heterocycles. The Labute approximate surface area is 118 Å². The van der Waals surface area contributed by atoms with Gasteiger partial charge in [0.1, 0.15) is 0 Å². The zero-order valence-electron chi connectivity index (χ0n) is 11.4. The average molecular weight is 283 g/mol. The lowest BCUT2D eigenvalue weighted by Gasteiger charge is -2.17. The number of carbonyl (C=O) groups excluding carboxylic acids is 1. The Morgan fingerprint density at radius 2 is 2.16 bits per heavy atom. The van der Waals surface area contributed by atoms with Crippen LogP contribution in [0.25, 0.3) is 0 Å². The number of fused-ring (bicyclic) bond motifs is 1. The molecule has 0 saturated heterocycles. The highest BCUT2D eigenvalue weighted by atomic mass is 35.5. The Kier molecular flexibility index (Phi) is 3.74. The SMILES string of the molecule is CN1C(=O)C(C)(C)c2cc(NCC(O)CCl)ccc21. The molecule has 0 saturated carbocycles. The van der Waals surface area contributed by atoms with Crippen molar-refractivity contribution in [3.05, 3.63) is 23.8 Å². The van der Waals surface area contributed by atoms with Crippen LogP contribution < -0.4 is 10.2 Å². The van der Waals surface area contributed by atoms with Crippen molar-refractivity contribution < 1.29 is 9.90 Å². The largest absolute Gasteiger partial charge is 0.390 e. The lowest BCUT2D eigenvalue weighted by Crippen LogP contribution is -2.33. The van der Waals surface area contributed by atoms with Gasteiger partial charge in [0.05, 0.1) is 17.4 Å². The number of hydrogen-bond acceptors (Lipinski definition) is 3. The van der Waals surface area contributed by atoms with E-state index in [-0.39, 0.29) is 11.8 Å². The molecule has 1 aromatic carbocycles. The lowest BCUT2D eigenvalue weighted by atomic mass is 9.86. The van der Waals surface area contributed by atoms with Crippen LogP contribution in [0.4, 0.5) is 11.4 Å². The van der Waals surface area contributed by atoms with Gasteiger partial charge in [-0.25, -0.2) is 0 Å². The summed E-state index contributed by atoms with van der Waals surface area (Å²) in [6, 6.07) is 5.81. The van der Waals surface area contributed by atoms with E-state index >= 15 is 0 Å². The summed E-state index contributed by atoms with van der Waals surface area (Å²) in [7, 11) is 1.79. The highest BCUT2D eigenvalue weighted by Crippen LogP contribution is 2.41. The van der Waals surface area contributed by atoms with Crippen LogP contribution in [0.3, 0.4) is 0 Å². The molecule has 1 aliphatic heterocycles. The summed E-state index contributed by atoms with van der Waals surface area (Å²) in [6.07, 6.45) is -0.577.